The van der Waals surface area contributed by atoms with E-state index in [1.807, 2.05) is 24.3 Å². The second-order valence-electron chi connectivity index (χ2n) is 7.02. The van der Waals surface area contributed by atoms with Gasteiger partial charge in [-0.05, 0) is 63.5 Å². The molecule has 0 aliphatic carbocycles. The molecule has 0 fully saturated rings. The van der Waals surface area contributed by atoms with Crippen LogP contribution in [0.25, 0.3) is 11.0 Å². The number of rotatable bonds is 7. The van der Waals surface area contributed by atoms with Crippen molar-refractivity contribution >= 4 is 72.2 Å². The van der Waals surface area contributed by atoms with E-state index in [4.69, 9.17) is 20.8 Å². The van der Waals surface area contributed by atoms with Crippen molar-refractivity contribution in [3.05, 3.63) is 102 Å². The van der Waals surface area contributed by atoms with E-state index in [0.717, 1.165) is 10.0 Å². The van der Waals surface area contributed by atoms with Crippen molar-refractivity contribution < 1.29 is 18.9 Å². The number of hydrazone groups is 1. The van der Waals surface area contributed by atoms with Gasteiger partial charge in [-0.1, -0.05) is 39.7 Å². The summed E-state index contributed by atoms with van der Waals surface area (Å²) >= 11 is 13.2. The number of nitrogens with one attached hydrogen (secondary N) is 1. The summed E-state index contributed by atoms with van der Waals surface area (Å²) in [6.45, 7) is 0.343. The van der Waals surface area contributed by atoms with Gasteiger partial charge in [0.1, 0.15) is 12.2 Å². The van der Waals surface area contributed by atoms with Gasteiger partial charge in [-0.25, -0.2) is 5.43 Å². The minimum absolute atomic E-state index is 0.0245. The number of nitrogens with zero attached hydrogens (tertiary/aromatic N) is 2. The molecule has 0 saturated carbocycles. The number of non-ortho nitro benzene ring substituents is 1. The summed E-state index contributed by atoms with van der Waals surface area (Å²) in [6.07, 6.45) is 1.42. The molecule has 1 amide bonds. The number of carbonyl (C=O) groups excluding carboxylic acids is 1. The molecule has 0 atom stereocenters. The Morgan fingerprint density at radius 2 is 1.91 bits per heavy atom. The highest BCUT2D eigenvalue weighted by atomic mass is 79.9. The lowest BCUT2D eigenvalue weighted by atomic mass is 10.2. The Morgan fingerprint density at radius 3 is 2.62 bits per heavy atom. The van der Waals surface area contributed by atoms with E-state index >= 15 is 0 Å². The van der Waals surface area contributed by atoms with Crippen molar-refractivity contribution in [3.8, 4) is 5.75 Å². The van der Waals surface area contributed by atoms with Gasteiger partial charge in [0.05, 0.1) is 20.6 Å². The Kier molecular flexibility index (Phi) is 7.30. The van der Waals surface area contributed by atoms with E-state index < -0.39 is 10.8 Å². The molecule has 0 aliphatic heterocycles. The fourth-order valence-electron chi connectivity index (χ4n) is 3.00. The molecule has 0 unspecified atom stereocenters. The molecule has 0 aliphatic rings. The number of nitro benzene ring substituents is 1. The van der Waals surface area contributed by atoms with Crippen molar-refractivity contribution in [2.75, 3.05) is 0 Å². The maximum atomic E-state index is 12.3. The molecule has 3 aromatic carbocycles. The highest BCUT2D eigenvalue weighted by Crippen LogP contribution is 2.35. The average Bonchev–Trinajstić information content (AvgIpc) is 3.23. The fourth-order valence-corrected chi connectivity index (χ4v) is 4.26. The third kappa shape index (κ3) is 5.64. The quantitative estimate of drug-likeness (QED) is 0.140. The second kappa shape index (κ2) is 10.4. The van der Waals surface area contributed by atoms with E-state index in [1.165, 1.54) is 30.5 Å². The van der Waals surface area contributed by atoms with Gasteiger partial charge >= 0.3 is 5.91 Å². The van der Waals surface area contributed by atoms with Crippen LogP contribution in [0.4, 0.5) is 5.69 Å². The summed E-state index contributed by atoms with van der Waals surface area (Å²) in [5, 5.41) is 15.6. The summed E-state index contributed by atoms with van der Waals surface area (Å²) in [5.74, 6) is -0.139. The third-order valence-electron chi connectivity index (χ3n) is 4.63. The summed E-state index contributed by atoms with van der Waals surface area (Å²) in [5.41, 5.74) is 4.23. The van der Waals surface area contributed by atoms with Gasteiger partial charge in [-0.3, -0.25) is 14.9 Å². The molecule has 34 heavy (non-hydrogen) atoms. The number of hydrogen-bond acceptors (Lipinski definition) is 6. The van der Waals surface area contributed by atoms with Crippen molar-refractivity contribution in [3.63, 3.8) is 0 Å². The fraction of sp³-hybridized carbons (Fsp3) is 0.0435. The van der Waals surface area contributed by atoms with Gasteiger partial charge in [0.25, 0.3) is 5.69 Å². The van der Waals surface area contributed by atoms with Crippen LogP contribution >= 0.6 is 43.5 Å². The van der Waals surface area contributed by atoms with E-state index in [2.05, 4.69) is 42.4 Å². The van der Waals surface area contributed by atoms with E-state index in [0.29, 0.717) is 38.4 Å². The highest BCUT2D eigenvalue weighted by Gasteiger charge is 2.15. The molecule has 1 heterocycles. The van der Waals surface area contributed by atoms with Gasteiger partial charge in [0, 0.05) is 22.0 Å². The number of halogens is 3. The van der Waals surface area contributed by atoms with Crippen LogP contribution in [-0.4, -0.2) is 17.0 Å². The molecule has 1 N–H and O–H groups in total. The zero-order valence-corrected chi connectivity index (χ0v) is 21.1. The predicted octanol–water partition coefficient (Wildman–Crippen LogP) is 6.86. The molecule has 1 aromatic heterocycles. The lowest BCUT2D eigenvalue weighted by Gasteiger charge is -2.11. The lowest BCUT2D eigenvalue weighted by Crippen LogP contribution is -2.16. The predicted molar refractivity (Wildman–Crippen MR) is 136 cm³/mol. The standard InChI is InChI=1S/C23H14Br2ClN3O5/c24-16-3-1-13(2-4-16)12-33-22-18(25)7-14(8-19(22)26)11-27-28-23(30)21-10-15-9-17(29(31)32)5-6-20(15)34-21/h1-11H,12H2,(H,28,30)/b27-11-. The van der Waals surface area contributed by atoms with Crippen LogP contribution < -0.4 is 10.2 Å². The van der Waals surface area contributed by atoms with Gasteiger partial charge < -0.3 is 9.15 Å². The Hall–Kier alpha value is -3.21. The normalized spacial score (nSPS) is 11.1. The molecule has 4 rings (SSSR count). The van der Waals surface area contributed by atoms with E-state index in [1.54, 1.807) is 12.1 Å². The van der Waals surface area contributed by atoms with Crippen LogP contribution in [0.1, 0.15) is 21.7 Å². The van der Waals surface area contributed by atoms with Gasteiger partial charge in [0.2, 0.25) is 0 Å². The number of nitro groups is 1. The first kappa shape index (κ1) is 23.9. The number of fused-ring (bicyclic) bond motifs is 1. The number of furan rings is 1. The Morgan fingerprint density at radius 1 is 1.15 bits per heavy atom. The molecular weight excluding hydrogens is 594 g/mol. The number of amides is 1. The zero-order chi connectivity index (χ0) is 24.2. The first-order chi connectivity index (χ1) is 16.3. The lowest BCUT2D eigenvalue weighted by molar-refractivity contribution is -0.384. The minimum atomic E-state index is -0.602. The van der Waals surface area contributed by atoms with Crippen LogP contribution in [0.5, 0.6) is 5.75 Å². The average molecular weight is 608 g/mol. The molecule has 0 spiro atoms. The second-order valence-corrected chi connectivity index (χ2v) is 9.20. The molecule has 0 saturated heterocycles. The minimum Gasteiger partial charge on any atom is -0.486 e. The monoisotopic (exact) mass is 605 g/mol. The van der Waals surface area contributed by atoms with Gasteiger partial charge in [0.15, 0.2) is 11.5 Å². The highest BCUT2D eigenvalue weighted by molar-refractivity contribution is 9.10. The molecular formula is C23H14Br2ClN3O5. The number of ether oxygens (including phenoxy) is 1. The van der Waals surface area contributed by atoms with Crippen LogP contribution in [0.2, 0.25) is 5.02 Å². The van der Waals surface area contributed by atoms with Crippen molar-refractivity contribution in [2.24, 2.45) is 5.10 Å². The van der Waals surface area contributed by atoms with Crippen LogP contribution in [-0.2, 0) is 6.61 Å². The SMILES string of the molecule is O=C(N/N=C\c1cc(Cl)c(OCc2ccc(Br)cc2)c(Br)c1)c1cc2cc([N+](=O)[O-])ccc2o1. The summed E-state index contributed by atoms with van der Waals surface area (Å²) in [4.78, 5) is 22.7. The van der Waals surface area contributed by atoms with Gasteiger partial charge in [-0.2, -0.15) is 5.10 Å². The maximum Gasteiger partial charge on any atom is 0.307 e. The molecule has 172 valence electrons. The van der Waals surface area contributed by atoms with Crippen molar-refractivity contribution in [1.82, 2.24) is 5.43 Å². The Balaban J connectivity index is 1.41. The van der Waals surface area contributed by atoms with Crippen molar-refractivity contribution in [2.45, 2.75) is 6.61 Å². The summed E-state index contributed by atoms with van der Waals surface area (Å²) < 4.78 is 12.9. The number of carbonyl (C=O) groups is 1. The van der Waals surface area contributed by atoms with E-state index in [9.17, 15) is 14.9 Å². The Labute approximate surface area is 214 Å². The van der Waals surface area contributed by atoms with Crippen LogP contribution in [0.15, 0.2) is 79.1 Å². The van der Waals surface area contributed by atoms with Crippen LogP contribution in [0.3, 0.4) is 0 Å². The van der Waals surface area contributed by atoms with Crippen molar-refractivity contribution in [1.29, 1.82) is 0 Å². The molecule has 8 nitrogen and oxygen atoms in total. The maximum absolute atomic E-state index is 12.3. The number of hydrogen-bond donors (Lipinski definition) is 1. The summed E-state index contributed by atoms with van der Waals surface area (Å²) in [7, 11) is 0. The number of benzene rings is 3. The topological polar surface area (TPSA) is 107 Å². The molecule has 0 radical (unpaired) electrons. The first-order valence-electron chi connectivity index (χ1n) is 9.68. The zero-order valence-electron chi connectivity index (χ0n) is 17.1. The van der Waals surface area contributed by atoms with Crippen LogP contribution in [0, 0.1) is 10.1 Å². The third-order valence-corrected chi connectivity index (χ3v) is 6.03. The first-order valence-corrected chi connectivity index (χ1v) is 11.6. The molecule has 11 heteroatoms. The summed E-state index contributed by atoms with van der Waals surface area (Å²) in [6, 6.07) is 16.6. The largest absolute Gasteiger partial charge is 0.486 e. The Bertz CT molecular complexity index is 1400. The van der Waals surface area contributed by atoms with E-state index in [-0.39, 0.29) is 11.4 Å². The molecule has 0 bridgehead atoms. The van der Waals surface area contributed by atoms with Gasteiger partial charge in [-0.15, -0.1) is 0 Å². The molecule has 4 aromatic rings. The smallest absolute Gasteiger partial charge is 0.307 e.